The lowest BCUT2D eigenvalue weighted by molar-refractivity contribution is -0.00480. The molecule has 2 unspecified atom stereocenters. The SMILES string of the molecule is CN(C(=O)OC(C)(C)C)C(Cc1ccccc1)C1CCCO1. The average Bonchev–Trinajstić information content (AvgIpc) is 2.97. The minimum Gasteiger partial charge on any atom is -0.444 e. The Morgan fingerprint density at radius 3 is 2.59 bits per heavy atom. The minimum atomic E-state index is -0.487. The molecule has 1 amide bonds. The molecule has 22 heavy (non-hydrogen) atoms. The van der Waals surface area contributed by atoms with Crippen molar-refractivity contribution in [2.45, 2.75) is 57.8 Å². The number of rotatable bonds is 4. The Hall–Kier alpha value is -1.55. The third-order valence-corrected chi connectivity index (χ3v) is 3.86. The summed E-state index contributed by atoms with van der Waals surface area (Å²) in [7, 11) is 1.81. The molecule has 1 fully saturated rings. The van der Waals surface area contributed by atoms with E-state index in [0.29, 0.717) is 0 Å². The van der Waals surface area contributed by atoms with E-state index in [0.717, 1.165) is 25.9 Å². The quantitative estimate of drug-likeness (QED) is 0.852. The summed E-state index contributed by atoms with van der Waals surface area (Å²) in [6.45, 7) is 6.43. The molecule has 1 aromatic carbocycles. The smallest absolute Gasteiger partial charge is 0.410 e. The van der Waals surface area contributed by atoms with Crippen molar-refractivity contribution in [1.29, 1.82) is 0 Å². The molecule has 1 heterocycles. The average molecular weight is 305 g/mol. The number of nitrogens with zero attached hydrogens (tertiary/aromatic N) is 1. The zero-order chi connectivity index (χ0) is 16.2. The zero-order valence-corrected chi connectivity index (χ0v) is 14.0. The van der Waals surface area contributed by atoms with Crippen LogP contribution in [0.15, 0.2) is 30.3 Å². The van der Waals surface area contributed by atoms with Gasteiger partial charge in [-0.25, -0.2) is 4.79 Å². The fourth-order valence-electron chi connectivity index (χ4n) is 2.75. The predicted octanol–water partition coefficient (Wildman–Crippen LogP) is 3.64. The van der Waals surface area contributed by atoms with Crippen molar-refractivity contribution in [2.75, 3.05) is 13.7 Å². The van der Waals surface area contributed by atoms with Crippen molar-refractivity contribution in [3.05, 3.63) is 35.9 Å². The molecule has 0 saturated carbocycles. The summed E-state index contributed by atoms with van der Waals surface area (Å²) in [5.41, 5.74) is 0.720. The first-order valence-electron chi connectivity index (χ1n) is 7.98. The van der Waals surface area contributed by atoms with Gasteiger partial charge in [0.25, 0.3) is 0 Å². The first kappa shape index (κ1) is 16.8. The van der Waals surface area contributed by atoms with Gasteiger partial charge in [0.2, 0.25) is 0 Å². The van der Waals surface area contributed by atoms with Crippen LogP contribution < -0.4 is 0 Å². The highest BCUT2D eigenvalue weighted by molar-refractivity contribution is 5.68. The van der Waals surface area contributed by atoms with E-state index in [1.807, 2.05) is 46.0 Å². The molecule has 122 valence electrons. The largest absolute Gasteiger partial charge is 0.444 e. The van der Waals surface area contributed by atoms with Crippen molar-refractivity contribution >= 4 is 6.09 Å². The molecule has 1 saturated heterocycles. The number of carbonyl (C=O) groups excluding carboxylic acids is 1. The molecular formula is C18H27NO3. The molecule has 0 aliphatic carbocycles. The highest BCUT2D eigenvalue weighted by Gasteiger charge is 2.33. The maximum absolute atomic E-state index is 12.4. The van der Waals surface area contributed by atoms with Gasteiger partial charge in [0.15, 0.2) is 0 Å². The predicted molar refractivity (Wildman–Crippen MR) is 86.9 cm³/mol. The normalized spacial score (nSPS) is 19.7. The summed E-state index contributed by atoms with van der Waals surface area (Å²) in [6, 6.07) is 10.2. The fourth-order valence-corrected chi connectivity index (χ4v) is 2.75. The molecular weight excluding hydrogens is 278 g/mol. The van der Waals surface area contributed by atoms with Gasteiger partial charge in [-0.2, -0.15) is 0 Å². The van der Waals surface area contributed by atoms with Gasteiger partial charge in [-0.1, -0.05) is 30.3 Å². The Bertz CT molecular complexity index is 475. The van der Waals surface area contributed by atoms with Crippen LogP contribution in [0, 0.1) is 0 Å². The Morgan fingerprint density at radius 2 is 2.05 bits per heavy atom. The molecule has 0 radical (unpaired) electrons. The Kier molecular flexibility index (Phi) is 5.46. The van der Waals surface area contributed by atoms with Crippen molar-refractivity contribution < 1.29 is 14.3 Å². The maximum atomic E-state index is 12.4. The standard InChI is InChI=1S/C18H27NO3/c1-18(2,3)22-17(20)19(4)15(16-11-8-12-21-16)13-14-9-6-5-7-10-14/h5-7,9-10,15-16H,8,11-13H2,1-4H3. The Morgan fingerprint density at radius 1 is 1.36 bits per heavy atom. The molecule has 4 nitrogen and oxygen atoms in total. The monoisotopic (exact) mass is 305 g/mol. The molecule has 0 spiro atoms. The molecule has 4 heteroatoms. The van der Waals surface area contributed by atoms with Gasteiger partial charge in [0.05, 0.1) is 12.1 Å². The van der Waals surface area contributed by atoms with Crippen LogP contribution in [0.4, 0.5) is 4.79 Å². The topological polar surface area (TPSA) is 38.8 Å². The van der Waals surface area contributed by atoms with Crippen LogP contribution in [0.2, 0.25) is 0 Å². The number of likely N-dealkylation sites (N-methyl/N-ethyl adjacent to an activating group) is 1. The van der Waals surface area contributed by atoms with Crippen LogP contribution in [0.1, 0.15) is 39.2 Å². The lowest BCUT2D eigenvalue weighted by atomic mass is 9.98. The summed E-state index contributed by atoms with van der Waals surface area (Å²) in [6.07, 6.45) is 2.62. The van der Waals surface area contributed by atoms with Gasteiger partial charge in [-0.05, 0) is 45.6 Å². The second-order valence-corrected chi connectivity index (χ2v) is 6.90. The highest BCUT2D eigenvalue weighted by atomic mass is 16.6. The van der Waals surface area contributed by atoms with Gasteiger partial charge in [0.1, 0.15) is 5.60 Å². The number of benzene rings is 1. The molecule has 2 rings (SSSR count). The van der Waals surface area contributed by atoms with Gasteiger partial charge >= 0.3 is 6.09 Å². The fraction of sp³-hybridized carbons (Fsp3) is 0.611. The van der Waals surface area contributed by atoms with Crippen LogP contribution in [0.25, 0.3) is 0 Å². The zero-order valence-electron chi connectivity index (χ0n) is 14.0. The summed E-state index contributed by atoms with van der Waals surface area (Å²) in [4.78, 5) is 14.1. The third-order valence-electron chi connectivity index (χ3n) is 3.86. The number of hydrogen-bond acceptors (Lipinski definition) is 3. The van der Waals surface area contributed by atoms with E-state index in [1.165, 1.54) is 5.56 Å². The third kappa shape index (κ3) is 4.73. The summed E-state index contributed by atoms with van der Waals surface area (Å²) >= 11 is 0. The van der Waals surface area contributed by atoms with Crippen molar-refractivity contribution in [3.63, 3.8) is 0 Å². The van der Waals surface area contributed by atoms with Gasteiger partial charge < -0.3 is 14.4 Å². The van der Waals surface area contributed by atoms with Gasteiger partial charge in [-0.15, -0.1) is 0 Å². The lowest BCUT2D eigenvalue weighted by Gasteiger charge is -2.33. The van der Waals surface area contributed by atoms with E-state index >= 15 is 0 Å². The number of hydrogen-bond donors (Lipinski definition) is 0. The van der Waals surface area contributed by atoms with Crippen LogP contribution in [0.3, 0.4) is 0 Å². The second kappa shape index (κ2) is 7.14. The molecule has 1 aliphatic rings. The molecule has 1 aliphatic heterocycles. The molecule has 1 aromatic rings. The second-order valence-electron chi connectivity index (χ2n) is 6.90. The number of amides is 1. The molecule has 0 N–H and O–H groups in total. The van der Waals surface area contributed by atoms with Crippen LogP contribution in [-0.2, 0) is 15.9 Å². The van der Waals surface area contributed by atoms with Gasteiger partial charge in [-0.3, -0.25) is 0 Å². The van der Waals surface area contributed by atoms with Crippen LogP contribution in [-0.4, -0.2) is 42.4 Å². The maximum Gasteiger partial charge on any atom is 0.410 e. The summed E-state index contributed by atoms with van der Waals surface area (Å²) in [5, 5.41) is 0. The first-order valence-corrected chi connectivity index (χ1v) is 7.98. The number of ether oxygens (including phenoxy) is 2. The van der Waals surface area contributed by atoms with E-state index in [9.17, 15) is 4.79 Å². The van der Waals surface area contributed by atoms with Crippen LogP contribution >= 0.6 is 0 Å². The van der Waals surface area contributed by atoms with E-state index in [1.54, 1.807) is 4.90 Å². The van der Waals surface area contributed by atoms with Crippen molar-refractivity contribution in [1.82, 2.24) is 4.90 Å². The van der Waals surface area contributed by atoms with E-state index in [-0.39, 0.29) is 18.2 Å². The van der Waals surface area contributed by atoms with E-state index in [4.69, 9.17) is 9.47 Å². The Labute approximate surface area is 133 Å². The minimum absolute atomic E-state index is 0.000231. The van der Waals surface area contributed by atoms with Crippen molar-refractivity contribution in [3.8, 4) is 0 Å². The van der Waals surface area contributed by atoms with Gasteiger partial charge in [0, 0.05) is 13.7 Å². The number of carbonyl (C=O) groups is 1. The first-order chi connectivity index (χ1) is 10.4. The highest BCUT2D eigenvalue weighted by Crippen LogP contribution is 2.23. The lowest BCUT2D eigenvalue weighted by Crippen LogP contribution is -2.47. The molecule has 0 bridgehead atoms. The molecule has 0 aromatic heterocycles. The van der Waals surface area contributed by atoms with E-state index < -0.39 is 5.60 Å². The summed E-state index contributed by atoms with van der Waals surface area (Å²) in [5.74, 6) is 0. The Balaban J connectivity index is 2.11. The molecule has 2 atom stereocenters. The van der Waals surface area contributed by atoms with E-state index in [2.05, 4.69) is 12.1 Å². The summed E-state index contributed by atoms with van der Waals surface area (Å²) < 4.78 is 11.3. The van der Waals surface area contributed by atoms with Crippen LogP contribution in [0.5, 0.6) is 0 Å². The van der Waals surface area contributed by atoms with Crippen molar-refractivity contribution in [2.24, 2.45) is 0 Å².